The fraction of sp³-hybridized carbons (Fsp3) is 0.389. The van der Waals surface area contributed by atoms with Crippen molar-refractivity contribution in [2.24, 2.45) is 0 Å². The molecule has 0 radical (unpaired) electrons. The van der Waals surface area contributed by atoms with Crippen LogP contribution >= 0.6 is 0 Å². The van der Waals surface area contributed by atoms with Crippen molar-refractivity contribution in [3.8, 4) is 0 Å². The Hall–Kier alpha value is -1.87. The normalized spacial score (nSPS) is 8.81. The molecule has 0 saturated carbocycles. The molecule has 1 aromatic carbocycles. The van der Waals surface area contributed by atoms with Crippen LogP contribution in [0.2, 0.25) is 0 Å². The Morgan fingerprint density at radius 1 is 1.14 bits per heavy atom. The van der Waals surface area contributed by atoms with Crippen molar-refractivity contribution in [3.05, 3.63) is 54.6 Å². The maximum atomic E-state index is 9.60. The van der Waals surface area contributed by atoms with E-state index in [9.17, 15) is 4.79 Å². The van der Waals surface area contributed by atoms with E-state index >= 15 is 0 Å². The lowest BCUT2D eigenvalue weighted by Crippen LogP contribution is -2.21. The second-order valence-corrected chi connectivity index (χ2v) is 4.32. The van der Waals surface area contributed by atoms with Gasteiger partial charge in [-0.2, -0.15) is 0 Å². The summed E-state index contributed by atoms with van der Waals surface area (Å²) in [6.07, 6.45) is 1.83. The first-order chi connectivity index (χ1) is 9.92. The van der Waals surface area contributed by atoms with Crippen molar-refractivity contribution in [1.29, 1.82) is 0 Å². The second kappa shape index (κ2) is 14.5. The quantitative estimate of drug-likeness (QED) is 0.821. The van der Waals surface area contributed by atoms with E-state index in [1.165, 1.54) is 32.1 Å². The van der Waals surface area contributed by atoms with Crippen LogP contribution in [0.3, 0.4) is 0 Å². The number of nitrogens with zero attached hydrogens (tertiary/aromatic N) is 1. The van der Waals surface area contributed by atoms with E-state index in [1.807, 2.05) is 36.4 Å². The summed E-state index contributed by atoms with van der Waals surface area (Å²) in [7, 11) is 0. The van der Waals surface area contributed by atoms with Crippen LogP contribution in [-0.4, -0.2) is 35.6 Å². The molecule has 0 fully saturated rings. The average Bonchev–Trinajstić information content (AvgIpc) is 2.51. The molecule has 118 valence electrons. The topological polar surface area (TPSA) is 40.5 Å². The minimum atomic E-state index is -0.935. The van der Waals surface area contributed by atoms with Gasteiger partial charge in [0.05, 0.1) is 0 Å². The highest BCUT2D eigenvalue weighted by Gasteiger charge is 1.90. The third-order valence-corrected chi connectivity index (χ3v) is 2.74. The Kier molecular flexibility index (Phi) is 14.8. The Morgan fingerprint density at radius 3 is 1.67 bits per heavy atom. The molecule has 1 rings (SSSR count). The lowest BCUT2D eigenvalue weighted by atomic mass is 10.2. The van der Waals surface area contributed by atoms with Crippen LogP contribution in [0.25, 0.3) is 6.08 Å². The number of carbonyl (C=O) groups is 1. The number of hydrogen-bond acceptors (Lipinski definition) is 2. The van der Waals surface area contributed by atoms with Crippen LogP contribution in [-0.2, 0) is 4.79 Å². The largest absolute Gasteiger partial charge is 0.478 e. The van der Waals surface area contributed by atoms with E-state index in [0.717, 1.165) is 0 Å². The molecule has 0 atom stereocenters. The zero-order valence-electron chi connectivity index (χ0n) is 13.8. The first-order valence-electron chi connectivity index (χ1n) is 7.21. The summed E-state index contributed by atoms with van der Waals surface area (Å²) < 4.78 is 0. The number of carboxylic acid groups (broad SMARTS) is 1. The van der Waals surface area contributed by atoms with E-state index in [-0.39, 0.29) is 5.57 Å². The minimum absolute atomic E-state index is 0.176. The average molecular weight is 291 g/mol. The summed E-state index contributed by atoms with van der Waals surface area (Å²) in [6.45, 7) is 18.4. The zero-order valence-corrected chi connectivity index (χ0v) is 13.8. The SMILES string of the molecule is C=C(C)C(=O)O.C=Cc1ccccc1.CCN(CC)CC. The van der Waals surface area contributed by atoms with Gasteiger partial charge in [-0.25, -0.2) is 4.79 Å². The van der Waals surface area contributed by atoms with Crippen LogP contribution in [0.1, 0.15) is 33.3 Å². The molecular weight excluding hydrogens is 262 g/mol. The molecule has 21 heavy (non-hydrogen) atoms. The Bertz CT molecular complexity index is 377. The highest BCUT2D eigenvalue weighted by atomic mass is 16.4. The molecule has 1 aromatic rings. The standard InChI is InChI=1S/C8H8.C6H15N.C4H6O2/c1-2-8-6-4-3-5-7-8;1-4-7(5-2)6-3;1-3(2)4(5)6/h2-7H,1H2;4-6H2,1-3H3;1H2,2H3,(H,5,6). The molecule has 0 aliphatic carbocycles. The van der Waals surface area contributed by atoms with E-state index in [0.29, 0.717) is 0 Å². The van der Waals surface area contributed by atoms with Crippen molar-refractivity contribution in [2.45, 2.75) is 27.7 Å². The first kappa shape index (κ1) is 21.4. The summed E-state index contributed by atoms with van der Waals surface area (Å²) in [5.41, 5.74) is 1.35. The maximum absolute atomic E-state index is 9.60. The van der Waals surface area contributed by atoms with Gasteiger partial charge in [-0.15, -0.1) is 0 Å². The van der Waals surface area contributed by atoms with Crippen LogP contribution in [0.15, 0.2) is 49.1 Å². The van der Waals surface area contributed by atoms with Crippen molar-refractivity contribution in [3.63, 3.8) is 0 Å². The zero-order chi connectivity index (χ0) is 16.7. The molecule has 0 aliphatic rings. The summed E-state index contributed by atoms with van der Waals surface area (Å²) in [6, 6.07) is 10.0. The second-order valence-electron chi connectivity index (χ2n) is 4.32. The Labute approximate surface area is 129 Å². The summed E-state index contributed by atoms with van der Waals surface area (Å²) in [4.78, 5) is 12.0. The minimum Gasteiger partial charge on any atom is -0.478 e. The molecule has 3 heteroatoms. The van der Waals surface area contributed by atoms with E-state index in [2.05, 4.69) is 38.8 Å². The molecule has 0 unspecified atom stereocenters. The first-order valence-corrected chi connectivity index (χ1v) is 7.21. The molecular formula is C18H29NO2. The Balaban J connectivity index is 0. The summed E-state index contributed by atoms with van der Waals surface area (Å²) in [5.74, 6) is -0.935. The van der Waals surface area contributed by atoms with E-state index < -0.39 is 5.97 Å². The fourth-order valence-corrected chi connectivity index (χ4v) is 1.26. The van der Waals surface area contributed by atoms with E-state index in [4.69, 9.17) is 5.11 Å². The van der Waals surface area contributed by atoms with Crippen molar-refractivity contribution >= 4 is 12.0 Å². The number of rotatable bonds is 5. The molecule has 1 N–H and O–H groups in total. The van der Waals surface area contributed by atoms with Gasteiger partial charge in [-0.05, 0) is 32.1 Å². The molecule has 3 nitrogen and oxygen atoms in total. The van der Waals surface area contributed by atoms with Gasteiger partial charge in [0.2, 0.25) is 0 Å². The molecule has 0 amide bonds. The van der Waals surface area contributed by atoms with Crippen molar-refractivity contribution in [2.75, 3.05) is 19.6 Å². The molecule has 0 spiro atoms. The highest BCUT2D eigenvalue weighted by molar-refractivity contribution is 5.84. The van der Waals surface area contributed by atoms with Gasteiger partial charge in [0.15, 0.2) is 0 Å². The van der Waals surface area contributed by atoms with Gasteiger partial charge in [0.25, 0.3) is 0 Å². The van der Waals surface area contributed by atoms with Gasteiger partial charge in [0.1, 0.15) is 0 Å². The molecule has 0 saturated heterocycles. The van der Waals surface area contributed by atoms with Crippen molar-refractivity contribution < 1.29 is 9.90 Å². The Morgan fingerprint density at radius 2 is 1.52 bits per heavy atom. The number of carboxylic acids is 1. The summed E-state index contributed by atoms with van der Waals surface area (Å²) in [5, 5.41) is 7.89. The van der Waals surface area contributed by atoms with Gasteiger partial charge in [-0.3, -0.25) is 0 Å². The van der Waals surface area contributed by atoms with Crippen LogP contribution in [0, 0.1) is 0 Å². The number of hydrogen-bond donors (Lipinski definition) is 1. The molecule has 0 aromatic heterocycles. The fourth-order valence-electron chi connectivity index (χ4n) is 1.26. The third-order valence-electron chi connectivity index (χ3n) is 2.74. The van der Waals surface area contributed by atoms with Gasteiger partial charge in [-0.1, -0.05) is 70.3 Å². The highest BCUT2D eigenvalue weighted by Crippen LogP contribution is 1.97. The molecule has 0 heterocycles. The predicted molar refractivity (Wildman–Crippen MR) is 92.4 cm³/mol. The van der Waals surface area contributed by atoms with Gasteiger partial charge >= 0.3 is 5.97 Å². The summed E-state index contributed by atoms with van der Waals surface area (Å²) >= 11 is 0. The van der Waals surface area contributed by atoms with Crippen molar-refractivity contribution in [1.82, 2.24) is 4.90 Å². The van der Waals surface area contributed by atoms with Crippen LogP contribution in [0.4, 0.5) is 0 Å². The molecule has 0 aliphatic heterocycles. The maximum Gasteiger partial charge on any atom is 0.330 e. The van der Waals surface area contributed by atoms with Crippen LogP contribution < -0.4 is 0 Å². The number of benzene rings is 1. The van der Waals surface area contributed by atoms with Crippen LogP contribution in [0.5, 0.6) is 0 Å². The lowest BCUT2D eigenvalue weighted by molar-refractivity contribution is -0.132. The van der Waals surface area contributed by atoms with Gasteiger partial charge < -0.3 is 10.0 Å². The third kappa shape index (κ3) is 14.4. The van der Waals surface area contributed by atoms with E-state index in [1.54, 1.807) is 0 Å². The monoisotopic (exact) mass is 291 g/mol. The van der Waals surface area contributed by atoms with Gasteiger partial charge in [0, 0.05) is 5.57 Å². The predicted octanol–water partition coefficient (Wildman–Crippen LogP) is 4.32. The lowest BCUT2D eigenvalue weighted by Gasteiger charge is -2.13. The smallest absolute Gasteiger partial charge is 0.330 e. The number of aliphatic carboxylic acids is 1. The molecule has 0 bridgehead atoms.